The second-order valence-electron chi connectivity index (χ2n) is 12.0. The predicted molar refractivity (Wildman–Crippen MR) is 185 cm³/mol. The van der Waals surface area contributed by atoms with Gasteiger partial charge in [0.05, 0.1) is 5.41 Å². The molecule has 44 heavy (non-hydrogen) atoms. The van der Waals surface area contributed by atoms with E-state index < -0.39 is 5.41 Å². The summed E-state index contributed by atoms with van der Waals surface area (Å²) in [6.07, 6.45) is 0. The Balaban J connectivity index is 1.43. The van der Waals surface area contributed by atoms with Gasteiger partial charge in [0.1, 0.15) is 0 Å². The van der Waals surface area contributed by atoms with E-state index in [-0.39, 0.29) is 0 Å². The molecule has 0 N–H and O–H groups in total. The van der Waals surface area contributed by atoms with Gasteiger partial charge in [0.25, 0.3) is 0 Å². The van der Waals surface area contributed by atoms with Crippen LogP contribution in [-0.4, -0.2) is 0 Å². The Bertz CT molecular complexity index is 2350. The van der Waals surface area contributed by atoms with Crippen LogP contribution in [0.4, 0.5) is 17.1 Å². The van der Waals surface area contributed by atoms with Crippen molar-refractivity contribution in [2.45, 2.75) is 5.41 Å². The Morgan fingerprint density at radius 2 is 0.795 bits per heavy atom. The number of hydrogen-bond donors (Lipinski definition) is 0. The first-order valence-electron chi connectivity index (χ1n) is 15.4. The van der Waals surface area contributed by atoms with Crippen molar-refractivity contribution >= 4 is 49.4 Å². The first-order chi connectivity index (χ1) is 21.9. The summed E-state index contributed by atoms with van der Waals surface area (Å²) in [5.74, 6) is 0. The third-order valence-electron chi connectivity index (χ3n) is 9.99. The van der Waals surface area contributed by atoms with Gasteiger partial charge in [0.15, 0.2) is 0 Å². The number of para-hydroxylation sites is 2. The normalized spacial score (nSPS) is 13.6. The van der Waals surface area contributed by atoms with Crippen LogP contribution >= 0.6 is 0 Å². The Morgan fingerprint density at radius 3 is 1.43 bits per heavy atom. The highest BCUT2D eigenvalue weighted by atomic mass is 15.1. The Morgan fingerprint density at radius 1 is 0.318 bits per heavy atom. The van der Waals surface area contributed by atoms with Crippen LogP contribution in [0.1, 0.15) is 22.3 Å². The van der Waals surface area contributed by atoms with Crippen LogP contribution in [0.5, 0.6) is 0 Å². The van der Waals surface area contributed by atoms with Gasteiger partial charge in [0.2, 0.25) is 0 Å². The largest absolute Gasteiger partial charge is 0.310 e. The van der Waals surface area contributed by atoms with Gasteiger partial charge in [-0.25, -0.2) is 0 Å². The highest BCUT2D eigenvalue weighted by Gasteiger charge is 2.51. The van der Waals surface area contributed by atoms with Crippen molar-refractivity contribution in [2.24, 2.45) is 0 Å². The van der Waals surface area contributed by atoms with Gasteiger partial charge in [-0.3, -0.25) is 0 Å². The minimum atomic E-state index is -0.403. The third-order valence-corrected chi connectivity index (χ3v) is 9.99. The van der Waals surface area contributed by atoms with E-state index in [4.69, 9.17) is 0 Å². The molecule has 0 fully saturated rings. The molecular formula is C43H27N. The van der Waals surface area contributed by atoms with Gasteiger partial charge in [0, 0.05) is 17.1 Å². The number of fused-ring (bicyclic) bond motifs is 10. The zero-order chi connectivity index (χ0) is 28.8. The highest BCUT2D eigenvalue weighted by Crippen LogP contribution is 2.63. The van der Waals surface area contributed by atoms with E-state index in [1.165, 1.54) is 71.4 Å². The summed E-state index contributed by atoms with van der Waals surface area (Å²) in [5.41, 5.74) is 11.2. The minimum absolute atomic E-state index is 0.403. The SMILES string of the molecule is c1ccc(N(c2ccccc2)c2cc3c4c(c2)c2ccccc2c2cccc(c24)C32c3ccccc3-c3ccccc32)cc1. The summed E-state index contributed by atoms with van der Waals surface area (Å²) >= 11 is 0. The quantitative estimate of drug-likeness (QED) is 0.195. The number of hydrogen-bond acceptors (Lipinski definition) is 1. The lowest BCUT2D eigenvalue weighted by Crippen LogP contribution is -2.26. The summed E-state index contributed by atoms with van der Waals surface area (Å²) < 4.78 is 0. The minimum Gasteiger partial charge on any atom is -0.310 e. The van der Waals surface area contributed by atoms with E-state index in [1.807, 2.05) is 0 Å². The van der Waals surface area contributed by atoms with Crippen LogP contribution in [0.15, 0.2) is 164 Å². The van der Waals surface area contributed by atoms with E-state index in [9.17, 15) is 0 Å². The molecule has 0 atom stereocenters. The van der Waals surface area contributed by atoms with Gasteiger partial charge in [-0.05, 0) is 102 Å². The molecule has 0 bridgehead atoms. The summed E-state index contributed by atoms with van der Waals surface area (Å²) in [7, 11) is 0. The van der Waals surface area contributed by atoms with Crippen molar-refractivity contribution in [3.63, 3.8) is 0 Å². The van der Waals surface area contributed by atoms with Gasteiger partial charge >= 0.3 is 0 Å². The smallest absolute Gasteiger partial charge is 0.0726 e. The second-order valence-corrected chi connectivity index (χ2v) is 12.0. The molecule has 204 valence electrons. The van der Waals surface area contributed by atoms with Crippen LogP contribution in [-0.2, 0) is 5.41 Å². The first kappa shape index (κ1) is 23.9. The van der Waals surface area contributed by atoms with E-state index in [0.29, 0.717) is 0 Å². The number of anilines is 3. The lowest BCUT2D eigenvalue weighted by molar-refractivity contribution is 0.797. The third kappa shape index (κ3) is 2.89. The van der Waals surface area contributed by atoms with Gasteiger partial charge in [-0.15, -0.1) is 0 Å². The molecule has 0 heterocycles. The molecule has 0 unspecified atom stereocenters. The first-order valence-corrected chi connectivity index (χ1v) is 15.4. The molecule has 0 amide bonds. The Hall–Kier alpha value is -5.66. The second kappa shape index (κ2) is 8.69. The topological polar surface area (TPSA) is 3.24 Å². The average molecular weight is 558 g/mol. The predicted octanol–water partition coefficient (Wildman–Crippen LogP) is 11.3. The summed E-state index contributed by atoms with van der Waals surface area (Å²) in [6.45, 7) is 0. The molecule has 1 heteroatoms. The summed E-state index contributed by atoms with van der Waals surface area (Å²) in [5, 5.41) is 8.02. The maximum atomic E-state index is 2.50. The molecule has 0 aromatic heterocycles. The van der Waals surface area contributed by atoms with Crippen molar-refractivity contribution < 1.29 is 0 Å². The molecule has 1 spiro atoms. The van der Waals surface area contributed by atoms with Crippen LogP contribution in [0.3, 0.4) is 0 Å². The van der Waals surface area contributed by atoms with E-state index in [0.717, 1.165) is 11.4 Å². The van der Waals surface area contributed by atoms with E-state index in [2.05, 4.69) is 169 Å². The molecular weight excluding hydrogens is 530 g/mol. The van der Waals surface area contributed by atoms with E-state index >= 15 is 0 Å². The van der Waals surface area contributed by atoms with Crippen LogP contribution in [0.2, 0.25) is 0 Å². The maximum absolute atomic E-state index is 2.50. The summed E-state index contributed by atoms with van der Waals surface area (Å²) in [6, 6.07) is 60.6. The van der Waals surface area contributed by atoms with Crippen LogP contribution in [0.25, 0.3) is 43.4 Å². The number of rotatable bonds is 3. The highest BCUT2D eigenvalue weighted by molar-refractivity contribution is 6.30. The Kier molecular flexibility index (Phi) is 4.71. The zero-order valence-electron chi connectivity index (χ0n) is 24.0. The van der Waals surface area contributed by atoms with E-state index in [1.54, 1.807) is 0 Å². The van der Waals surface area contributed by atoms with Crippen molar-refractivity contribution in [2.75, 3.05) is 4.90 Å². The molecule has 8 aromatic carbocycles. The molecule has 1 nitrogen and oxygen atoms in total. The molecule has 2 aliphatic rings. The fraction of sp³-hybridized carbons (Fsp3) is 0.0233. The fourth-order valence-corrected chi connectivity index (χ4v) is 8.41. The Labute approximate surface area is 256 Å². The van der Waals surface area contributed by atoms with Crippen LogP contribution < -0.4 is 4.90 Å². The van der Waals surface area contributed by atoms with Gasteiger partial charge in [-0.1, -0.05) is 127 Å². The lowest BCUT2D eigenvalue weighted by Gasteiger charge is -2.32. The van der Waals surface area contributed by atoms with Crippen molar-refractivity contribution in [1.29, 1.82) is 0 Å². The van der Waals surface area contributed by atoms with Crippen molar-refractivity contribution in [1.82, 2.24) is 0 Å². The molecule has 8 aromatic rings. The fourth-order valence-electron chi connectivity index (χ4n) is 8.41. The lowest BCUT2D eigenvalue weighted by atomic mass is 9.70. The summed E-state index contributed by atoms with van der Waals surface area (Å²) in [4.78, 5) is 2.42. The van der Waals surface area contributed by atoms with Gasteiger partial charge in [-0.2, -0.15) is 0 Å². The van der Waals surface area contributed by atoms with Gasteiger partial charge < -0.3 is 4.90 Å². The molecule has 10 rings (SSSR count). The maximum Gasteiger partial charge on any atom is 0.0726 e. The number of benzene rings is 8. The molecule has 2 aliphatic carbocycles. The monoisotopic (exact) mass is 557 g/mol. The molecule has 0 radical (unpaired) electrons. The molecule has 0 aliphatic heterocycles. The average Bonchev–Trinajstić information content (AvgIpc) is 3.57. The number of nitrogens with zero attached hydrogens (tertiary/aromatic N) is 1. The molecule has 0 saturated heterocycles. The van der Waals surface area contributed by atoms with Crippen molar-refractivity contribution in [3.8, 4) is 11.1 Å². The van der Waals surface area contributed by atoms with Crippen LogP contribution in [0, 0.1) is 0 Å². The molecule has 0 saturated carbocycles. The standard InChI is InChI=1S/C43H27N/c1-3-14-28(15-4-1)44(29-16-5-2-6-17-29)30-26-36-32-19-8-7-18-31(32)35-22-13-25-39-41(35)42(36)40(27-30)43(39)37-23-11-9-20-33(37)34-21-10-12-24-38(34)43/h1-27H. The zero-order valence-corrected chi connectivity index (χ0v) is 24.0. The van der Waals surface area contributed by atoms with Crippen molar-refractivity contribution in [3.05, 3.63) is 186 Å².